The molecule has 1 atom stereocenters. The largest absolute Gasteiger partial charge is 0.401 e. The molecule has 3 aromatic carbocycles. The average Bonchev–Trinajstić information content (AvgIpc) is 3.25. The number of fused-ring (bicyclic) bond motifs is 1. The molecule has 1 aromatic heterocycles. The Morgan fingerprint density at radius 3 is 2.08 bits per heavy atom. The van der Waals surface area contributed by atoms with Crippen LogP contribution in [-0.4, -0.2) is 38.4 Å². The molecular weight excluding hydrogens is 489 g/mol. The minimum Gasteiger partial charge on any atom is -0.401 e. The molecule has 0 aliphatic heterocycles. The lowest BCUT2D eigenvalue weighted by molar-refractivity contribution is -0.0433. The molecular formula is C30H35F3N2OSi. The van der Waals surface area contributed by atoms with Gasteiger partial charge in [0, 0.05) is 23.1 Å². The number of alkyl halides is 2. The van der Waals surface area contributed by atoms with Crippen LogP contribution in [0.3, 0.4) is 0 Å². The lowest BCUT2D eigenvalue weighted by atomic mass is 10.1. The van der Waals surface area contributed by atoms with Gasteiger partial charge in [-0.05, 0) is 52.5 Å². The number of benzene rings is 3. The molecule has 37 heavy (non-hydrogen) atoms. The van der Waals surface area contributed by atoms with Gasteiger partial charge in [0.25, 0.3) is 14.2 Å². The van der Waals surface area contributed by atoms with Gasteiger partial charge in [0.1, 0.15) is 5.82 Å². The third-order valence-electron chi connectivity index (χ3n) is 6.88. The van der Waals surface area contributed by atoms with Crippen molar-refractivity contribution in [1.29, 1.82) is 0 Å². The van der Waals surface area contributed by atoms with Crippen LogP contribution >= 0.6 is 0 Å². The van der Waals surface area contributed by atoms with Gasteiger partial charge in [-0.1, -0.05) is 81.4 Å². The normalized spacial score (nSPS) is 13.7. The van der Waals surface area contributed by atoms with Gasteiger partial charge in [-0.3, -0.25) is 0 Å². The minimum absolute atomic E-state index is 0.235. The number of aromatic nitrogens is 1. The highest BCUT2D eigenvalue weighted by Gasteiger charge is 2.51. The molecule has 3 nitrogen and oxygen atoms in total. The summed E-state index contributed by atoms with van der Waals surface area (Å²) in [6, 6.07) is 23.9. The maximum atomic E-state index is 15.3. The Kier molecular flexibility index (Phi) is 7.97. The smallest absolute Gasteiger partial charge is 0.281 e. The number of nitrogens with one attached hydrogen (secondary N) is 2. The zero-order valence-corrected chi connectivity index (χ0v) is 22.8. The zero-order valence-electron chi connectivity index (χ0n) is 21.8. The fourth-order valence-corrected chi connectivity index (χ4v) is 9.65. The van der Waals surface area contributed by atoms with Crippen LogP contribution < -0.4 is 15.7 Å². The van der Waals surface area contributed by atoms with Crippen LogP contribution in [-0.2, 0) is 10.8 Å². The Morgan fingerprint density at radius 2 is 1.51 bits per heavy atom. The van der Waals surface area contributed by atoms with Crippen LogP contribution in [0.4, 0.5) is 13.2 Å². The molecule has 7 heteroatoms. The summed E-state index contributed by atoms with van der Waals surface area (Å²) in [5.74, 6) is -3.39. The van der Waals surface area contributed by atoms with Gasteiger partial charge < -0.3 is 14.7 Å². The first kappa shape index (κ1) is 27.2. The third-order valence-corrected chi connectivity index (χ3v) is 11.9. The number of aromatic amines is 1. The van der Waals surface area contributed by atoms with E-state index in [1.165, 1.54) is 12.1 Å². The molecule has 0 aliphatic carbocycles. The van der Waals surface area contributed by atoms with Crippen molar-refractivity contribution in [3.63, 3.8) is 0 Å². The highest BCUT2D eigenvalue weighted by atomic mass is 28.4. The summed E-state index contributed by atoms with van der Waals surface area (Å²) in [5, 5.41) is 5.31. The monoisotopic (exact) mass is 524 g/mol. The second-order valence-electron chi connectivity index (χ2n) is 10.8. The van der Waals surface area contributed by atoms with Crippen molar-refractivity contribution in [3.8, 4) is 0 Å². The van der Waals surface area contributed by atoms with Crippen LogP contribution in [0.5, 0.6) is 0 Å². The van der Waals surface area contributed by atoms with E-state index in [0.717, 1.165) is 26.8 Å². The van der Waals surface area contributed by atoms with E-state index in [1.807, 2.05) is 73.8 Å². The van der Waals surface area contributed by atoms with Crippen molar-refractivity contribution in [3.05, 3.63) is 96.4 Å². The summed E-state index contributed by atoms with van der Waals surface area (Å²) in [4.78, 5) is 3.12. The molecule has 196 valence electrons. The molecule has 0 spiro atoms. The first-order valence-electron chi connectivity index (χ1n) is 12.6. The molecule has 0 radical (unpaired) electrons. The third kappa shape index (κ3) is 6.00. The van der Waals surface area contributed by atoms with Gasteiger partial charge in [0.15, 0.2) is 0 Å². The van der Waals surface area contributed by atoms with E-state index in [1.54, 1.807) is 6.07 Å². The highest BCUT2D eigenvalue weighted by molar-refractivity contribution is 6.99. The average molecular weight is 525 g/mol. The fourth-order valence-electron chi connectivity index (χ4n) is 5.07. The number of hydrogen-bond acceptors (Lipinski definition) is 2. The highest BCUT2D eigenvalue weighted by Crippen LogP contribution is 2.37. The molecule has 2 N–H and O–H groups in total. The van der Waals surface area contributed by atoms with Gasteiger partial charge in [-0.2, -0.15) is 0 Å². The summed E-state index contributed by atoms with van der Waals surface area (Å²) in [6.07, 6.45) is 2.31. The Balaban J connectivity index is 1.49. The van der Waals surface area contributed by atoms with E-state index < -0.39 is 27.4 Å². The Hall–Kier alpha value is -2.87. The lowest BCUT2D eigenvalue weighted by Crippen LogP contribution is -2.67. The van der Waals surface area contributed by atoms with Crippen molar-refractivity contribution < 1.29 is 17.6 Å². The van der Waals surface area contributed by atoms with Crippen molar-refractivity contribution in [1.82, 2.24) is 10.3 Å². The Labute approximate surface area is 218 Å². The topological polar surface area (TPSA) is 37.0 Å². The summed E-state index contributed by atoms with van der Waals surface area (Å²) in [5.41, 5.74) is 1.72. The van der Waals surface area contributed by atoms with Crippen LogP contribution in [0.2, 0.25) is 5.04 Å². The predicted octanol–water partition coefficient (Wildman–Crippen LogP) is 6.04. The van der Waals surface area contributed by atoms with Crippen molar-refractivity contribution in [2.75, 3.05) is 13.2 Å². The standard InChI is InChI=1S/C30H35F3N2OSi/c1-22(17-23-19-34-28-16-15-24(31)18-27(23)28)35-20-30(32,33)21-36-37(29(2,3)4,25-11-7-5-8-12-25)26-13-9-6-10-14-26/h5-16,18-19,22,34-35H,17,20-21H2,1-4H3/t22-/m1/s1. The van der Waals surface area contributed by atoms with Crippen LogP contribution in [0.15, 0.2) is 85.1 Å². The first-order valence-corrected chi connectivity index (χ1v) is 14.5. The van der Waals surface area contributed by atoms with Crippen molar-refractivity contribution in [2.45, 2.75) is 51.1 Å². The van der Waals surface area contributed by atoms with E-state index in [9.17, 15) is 4.39 Å². The number of rotatable bonds is 10. The molecule has 0 saturated carbocycles. The summed E-state index contributed by atoms with van der Waals surface area (Å²) < 4.78 is 50.7. The van der Waals surface area contributed by atoms with Gasteiger partial charge in [0.05, 0.1) is 13.2 Å². The molecule has 4 aromatic rings. The minimum atomic E-state index is -3.08. The van der Waals surface area contributed by atoms with Gasteiger partial charge in [-0.15, -0.1) is 0 Å². The van der Waals surface area contributed by atoms with E-state index in [0.29, 0.717) is 6.42 Å². The molecule has 0 aliphatic rings. The first-order chi connectivity index (χ1) is 17.5. The second-order valence-corrected chi connectivity index (χ2v) is 15.1. The summed E-state index contributed by atoms with van der Waals surface area (Å²) in [7, 11) is -3.05. The van der Waals surface area contributed by atoms with Gasteiger partial charge >= 0.3 is 0 Å². The van der Waals surface area contributed by atoms with Crippen LogP contribution in [0, 0.1) is 5.82 Å². The Morgan fingerprint density at radius 1 is 0.919 bits per heavy atom. The maximum Gasteiger partial charge on any atom is 0.281 e. The summed E-state index contributed by atoms with van der Waals surface area (Å²) >= 11 is 0. The lowest BCUT2D eigenvalue weighted by Gasteiger charge is -2.43. The van der Waals surface area contributed by atoms with E-state index in [2.05, 4.69) is 31.1 Å². The molecule has 0 bridgehead atoms. The zero-order chi connectivity index (χ0) is 26.7. The van der Waals surface area contributed by atoms with Crippen LogP contribution in [0.1, 0.15) is 33.3 Å². The molecule has 4 rings (SSSR count). The molecule has 0 amide bonds. The van der Waals surface area contributed by atoms with Gasteiger partial charge in [-0.25, -0.2) is 13.2 Å². The molecule has 0 unspecified atom stereocenters. The summed E-state index contributed by atoms with van der Waals surface area (Å²) in [6.45, 7) is 6.88. The van der Waals surface area contributed by atoms with Crippen LogP contribution in [0.25, 0.3) is 10.9 Å². The number of H-pyrrole nitrogens is 1. The number of halogens is 3. The predicted molar refractivity (Wildman–Crippen MR) is 148 cm³/mol. The Bertz CT molecular complexity index is 1260. The van der Waals surface area contributed by atoms with Crippen molar-refractivity contribution >= 4 is 29.6 Å². The van der Waals surface area contributed by atoms with E-state index in [4.69, 9.17) is 4.43 Å². The molecule has 0 fully saturated rings. The molecule has 1 heterocycles. The van der Waals surface area contributed by atoms with E-state index in [-0.39, 0.29) is 16.9 Å². The quantitative estimate of drug-likeness (QED) is 0.248. The maximum absolute atomic E-state index is 15.3. The fraction of sp³-hybridized carbons (Fsp3) is 0.333. The SMILES string of the molecule is C[C@H](Cc1c[nH]c2ccc(F)cc12)NCC(F)(F)CO[Si](c1ccccc1)(c1ccccc1)C(C)(C)C. The van der Waals surface area contributed by atoms with Crippen molar-refractivity contribution in [2.24, 2.45) is 0 Å². The van der Waals surface area contributed by atoms with E-state index >= 15 is 8.78 Å². The molecule has 0 saturated heterocycles. The second kappa shape index (κ2) is 10.9. The number of hydrogen-bond donors (Lipinski definition) is 2. The van der Waals surface area contributed by atoms with Gasteiger partial charge in [0.2, 0.25) is 0 Å².